The van der Waals surface area contributed by atoms with Crippen LogP contribution in [0.2, 0.25) is 0 Å². The van der Waals surface area contributed by atoms with E-state index in [1.165, 1.54) is 0 Å². The Morgan fingerprint density at radius 2 is 1.88 bits per heavy atom. The minimum Gasteiger partial charge on any atom is -0.490 e. The van der Waals surface area contributed by atoms with Gasteiger partial charge in [0.2, 0.25) is 5.91 Å². The normalized spacial score (nSPS) is 24.2. The molecule has 1 saturated heterocycles. The van der Waals surface area contributed by atoms with Gasteiger partial charge in [-0.05, 0) is 49.6 Å². The second-order valence-corrected chi connectivity index (χ2v) is 8.60. The van der Waals surface area contributed by atoms with Crippen molar-refractivity contribution in [2.75, 3.05) is 24.7 Å². The lowest BCUT2D eigenvalue weighted by atomic mass is 9.91. The topological polar surface area (TPSA) is 88.2 Å². The SMILES string of the molecule is C[C@@H]1Cc2ccccc2N1C(=O)CN1C(=O)N[C@@](C)(c2ccc3c(c2)OCCCO3)C1=O. The zero-order chi connectivity index (χ0) is 22.5. The maximum absolute atomic E-state index is 13.4. The van der Waals surface area contributed by atoms with Crippen LogP contribution >= 0.6 is 0 Å². The number of rotatable bonds is 3. The Balaban J connectivity index is 1.38. The van der Waals surface area contributed by atoms with Crippen molar-refractivity contribution in [3.63, 3.8) is 0 Å². The fourth-order valence-corrected chi connectivity index (χ4v) is 4.67. The van der Waals surface area contributed by atoms with Crippen LogP contribution in [0, 0.1) is 0 Å². The van der Waals surface area contributed by atoms with E-state index in [-0.39, 0.29) is 18.5 Å². The van der Waals surface area contributed by atoms with Gasteiger partial charge in [-0.15, -0.1) is 0 Å². The van der Waals surface area contributed by atoms with E-state index in [0.29, 0.717) is 30.3 Å². The standard InChI is InChI=1S/C24H25N3O5/c1-15-12-16-6-3-4-7-18(16)27(15)21(28)14-26-22(29)24(2,25-23(26)30)17-8-9-19-20(13-17)32-11-5-10-31-19/h3-4,6-9,13,15H,5,10-12,14H2,1-2H3,(H,25,30)/t15-,24+/m1/s1. The highest BCUT2D eigenvalue weighted by atomic mass is 16.5. The quantitative estimate of drug-likeness (QED) is 0.749. The van der Waals surface area contributed by atoms with E-state index in [2.05, 4.69) is 5.32 Å². The molecule has 1 fully saturated rings. The van der Waals surface area contributed by atoms with Crippen molar-refractivity contribution in [3.8, 4) is 11.5 Å². The number of hydrogen-bond acceptors (Lipinski definition) is 5. The van der Waals surface area contributed by atoms with Crippen molar-refractivity contribution in [2.45, 2.75) is 38.3 Å². The first-order chi connectivity index (χ1) is 15.4. The number of benzene rings is 2. The molecule has 2 aromatic carbocycles. The van der Waals surface area contributed by atoms with E-state index in [1.807, 2.05) is 31.2 Å². The molecular weight excluding hydrogens is 410 g/mol. The van der Waals surface area contributed by atoms with E-state index in [4.69, 9.17) is 9.47 Å². The van der Waals surface area contributed by atoms with Crippen molar-refractivity contribution in [2.24, 2.45) is 0 Å². The van der Waals surface area contributed by atoms with Crippen LogP contribution in [-0.2, 0) is 21.5 Å². The Kier molecular flexibility index (Phi) is 4.80. The van der Waals surface area contributed by atoms with Gasteiger partial charge in [-0.3, -0.25) is 14.5 Å². The molecule has 0 aromatic heterocycles. The number of imide groups is 1. The van der Waals surface area contributed by atoms with Gasteiger partial charge in [-0.25, -0.2) is 4.79 Å². The molecule has 32 heavy (non-hydrogen) atoms. The Morgan fingerprint density at radius 3 is 2.69 bits per heavy atom. The summed E-state index contributed by atoms with van der Waals surface area (Å²) in [6.45, 7) is 4.37. The van der Waals surface area contributed by atoms with Gasteiger partial charge in [-0.1, -0.05) is 24.3 Å². The number of carbonyl (C=O) groups is 3. The Morgan fingerprint density at radius 1 is 1.12 bits per heavy atom. The predicted octanol–water partition coefficient (Wildman–Crippen LogP) is 2.59. The van der Waals surface area contributed by atoms with Gasteiger partial charge >= 0.3 is 6.03 Å². The van der Waals surface area contributed by atoms with E-state index >= 15 is 0 Å². The summed E-state index contributed by atoms with van der Waals surface area (Å²) < 4.78 is 11.4. The third kappa shape index (κ3) is 3.18. The van der Waals surface area contributed by atoms with Crippen molar-refractivity contribution in [1.82, 2.24) is 10.2 Å². The summed E-state index contributed by atoms with van der Waals surface area (Å²) in [6.07, 6.45) is 1.52. The van der Waals surface area contributed by atoms with Gasteiger partial charge in [0.1, 0.15) is 12.1 Å². The molecule has 8 nitrogen and oxygen atoms in total. The summed E-state index contributed by atoms with van der Waals surface area (Å²) in [5.74, 6) is 0.403. The van der Waals surface area contributed by atoms with Crippen molar-refractivity contribution < 1.29 is 23.9 Å². The van der Waals surface area contributed by atoms with Crippen LogP contribution in [0.3, 0.4) is 0 Å². The van der Waals surface area contributed by atoms with Crippen molar-refractivity contribution >= 4 is 23.5 Å². The zero-order valence-corrected chi connectivity index (χ0v) is 18.1. The fraction of sp³-hybridized carbons (Fsp3) is 0.375. The average Bonchev–Trinajstić information content (AvgIpc) is 3.08. The minimum absolute atomic E-state index is 0.0335. The van der Waals surface area contributed by atoms with E-state index in [9.17, 15) is 14.4 Å². The van der Waals surface area contributed by atoms with Gasteiger partial charge in [0, 0.05) is 18.2 Å². The minimum atomic E-state index is -1.30. The summed E-state index contributed by atoms with van der Waals surface area (Å²) >= 11 is 0. The Bertz CT molecular complexity index is 1120. The molecule has 0 bridgehead atoms. The number of fused-ring (bicyclic) bond motifs is 2. The molecule has 5 rings (SSSR count). The van der Waals surface area contributed by atoms with Gasteiger partial charge in [0.15, 0.2) is 11.5 Å². The fourth-order valence-electron chi connectivity index (χ4n) is 4.67. The highest BCUT2D eigenvalue weighted by Crippen LogP contribution is 2.37. The molecule has 166 valence electrons. The average molecular weight is 435 g/mol. The molecule has 3 aliphatic rings. The number of nitrogens with zero attached hydrogens (tertiary/aromatic N) is 2. The second kappa shape index (κ2) is 7.55. The number of anilines is 1. The lowest BCUT2D eigenvalue weighted by Crippen LogP contribution is -2.46. The molecule has 2 aromatic rings. The molecule has 0 radical (unpaired) electrons. The lowest BCUT2D eigenvalue weighted by Gasteiger charge is -2.26. The number of para-hydroxylation sites is 1. The van der Waals surface area contributed by atoms with Crippen LogP contribution in [-0.4, -0.2) is 48.5 Å². The summed E-state index contributed by atoms with van der Waals surface area (Å²) in [4.78, 5) is 42.0. The van der Waals surface area contributed by atoms with E-state index < -0.39 is 17.5 Å². The smallest absolute Gasteiger partial charge is 0.325 e. The first-order valence-corrected chi connectivity index (χ1v) is 10.8. The van der Waals surface area contributed by atoms with Crippen molar-refractivity contribution in [1.29, 1.82) is 0 Å². The molecule has 0 unspecified atom stereocenters. The highest BCUT2D eigenvalue weighted by Gasteiger charge is 2.50. The van der Waals surface area contributed by atoms with E-state index in [0.717, 1.165) is 29.0 Å². The number of carbonyl (C=O) groups excluding carboxylic acids is 3. The summed E-state index contributed by atoms with van der Waals surface area (Å²) in [5, 5.41) is 2.77. The van der Waals surface area contributed by atoms with Gasteiger partial charge < -0.3 is 19.7 Å². The molecule has 0 spiro atoms. The molecule has 1 N–H and O–H groups in total. The van der Waals surface area contributed by atoms with Gasteiger partial charge in [0.05, 0.1) is 13.2 Å². The molecule has 4 amide bonds. The summed E-state index contributed by atoms with van der Waals surface area (Å²) in [6, 6.07) is 12.3. The van der Waals surface area contributed by atoms with Gasteiger partial charge in [-0.2, -0.15) is 0 Å². The molecular formula is C24H25N3O5. The third-order valence-corrected chi connectivity index (χ3v) is 6.37. The number of hydrogen-bond donors (Lipinski definition) is 1. The monoisotopic (exact) mass is 435 g/mol. The molecule has 8 heteroatoms. The van der Waals surface area contributed by atoms with Crippen LogP contribution in [0.1, 0.15) is 31.4 Å². The number of urea groups is 1. The largest absolute Gasteiger partial charge is 0.490 e. The first-order valence-electron chi connectivity index (χ1n) is 10.8. The predicted molar refractivity (Wildman–Crippen MR) is 117 cm³/mol. The number of ether oxygens (including phenoxy) is 2. The zero-order valence-electron chi connectivity index (χ0n) is 18.1. The lowest BCUT2D eigenvalue weighted by molar-refractivity contribution is -0.134. The maximum atomic E-state index is 13.4. The Labute approximate surface area is 186 Å². The second-order valence-electron chi connectivity index (χ2n) is 8.60. The van der Waals surface area contributed by atoms with Crippen molar-refractivity contribution in [3.05, 3.63) is 53.6 Å². The number of amides is 4. The van der Waals surface area contributed by atoms with E-state index in [1.54, 1.807) is 30.0 Å². The maximum Gasteiger partial charge on any atom is 0.325 e. The Hall–Kier alpha value is -3.55. The van der Waals surface area contributed by atoms with Crippen LogP contribution in [0.4, 0.5) is 10.5 Å². The molecule has 2 atom stereocenters. The molecule has 3 aliphatic heterocycles. The summed E-state index contributed by atoms with van der Waals surface area (Å²) in [7, 11) is 0. The molecule has 0 saturated carbocycles. The van der Waals surface area contributed by atoms with Crippen LogP contribution in [0.15, 0.2) is 42.5 Å². The van der Waals surface area contributed by atoms with Crippen LogP contribution in [0.5, 0.6) is 11.5 Å². The number of nitrogens with one attached hydrogen (secondary N) is 1. The molecule has 3 heterocycles. The first kappa shape index (κ1) is 20.4. The van der Waals surface area contributed by atoms with Gasteiger partial charge in [0.25, 0.3) is 5.91 Å². The molecule has 0 aliphatic carbocycles. The van der Waals surface area contributed by atoms with Crippen LogP contribution in [0.25, 0.3) is 0 Å². The van der Waals surface area contributed by atoms with Crippen LogP contribution < -0.4 is 19.7 Å². The highest BCUT2D eigenvalue weighted by molar-refractivity contribution is 6.11. The third-order valence-electron chi connectivity index (χ3n) is 6.37. The summed E-state index contributed by atoms with van der Waals surface area (Å²) in [5.41, 5.74) is 1.21.